The zero-order chi connectivity index (χ0) is 14.0. The van der Waals surface area contributed by atoms with Gasteiger partial charge in [-0.3, -0.25) is 0 Å². The van der Waals surface area contributed by atoms with Crippen molar-refractivity contribution >= 4 is 10.0 Å². The van der Waals surface area contributed by atoms with Gasteiger partial charge in [-0.1, -0.05) is 27.2 Å². The topological polar surface area (TPSA) is 50.1 Å². The summed E-state index contributed by atoms with van der Waals surface area (Å²) in [6.45, 7) is 5.74. The number of sulfonamides is 1. The minimum atomic E-state index is -3.55. The zero-order valence-electron chi connectivity index (χ0n) is 11.2. The maximum Gasteiger partial charge on any atom is 0.306 e. The van der Waals surface area contributed by atoms with Gasteiger partial charge in [0.2, 0.25) is 11.9 Å². The number of nitrogens with zero attached hydrogens (tertiary/aromatic N) is 1. The third kappa shape index (κ3) is 3.12. The summed E-state index contributed by atoms with van der Waals surface area (Å²) in [5.74, 6) is 0. The minimum absolute atomic E-state index is 0.255. The molecule has 19 heavy (non-hydrogen) atoms. The fourth-order valence-electron chi connectivity index (χ4n) is 1.76. The molecule has 0 aliphatic carbocycles. The van der Waals surface area contributed by atoms with Crippen LogP contribution in [0, 0.1) is 20.8 Å². The molecule has 2 aromatic rings. The lowest BCUT2D eigenvalue weighted by Crippen LogP contribution is -2.50. The predicted molar refractivity (Wildman–Crippen MR) is 73.8 cm³/mol. The van der Waals surface area contributed by atoms with Crippen LogP contribution in [0.1, 0.15) is 16.8 Å². The highest BCUT2D eigenvalue weighted by atomic mass is 32.2. The van der Waals surface area contributed by atoms with Gasteiger partial charge in [-0.05, 0) is 31.5 Å². The monoisotopic (exact) mass is 277 g/mol. The number of aryl methyl sites for hydroxylation is 3. The van der Waals surface area contributed by atoms with E-state index in [0.29, 0.717) is 0 Å². The van der Waals surface area contributed by atoms with E-state index in [9.17, 15) is 8.42 Å². The van der Waals surface area contributed by atoms with Crippen LogP contribution >= 0.6 is 0 Å². The first kappa shape index (κ1) is 13.5. The number of nitrogens with one attached hydrogen (secondary N) is 1. The van der Waals surface area contributed by atoms with Crippen molar-refractivity contribution in [1.82, 2.24) is 0 Å². The molecular weight excluding hydrogens is 260 g/mol. The standard InChI is InChI=1S/C14H17N2O2S/c1-11-4-6-14(7-5-11)19(17,18)15-16-9-8-12(2)10-13(16)3/h4-10,15H,1-3H3/q+1. The van der Waals surface area contributed by atoms with E-state index in [1.165, 1.54) is 4.68 Å². The molecule has 0 aliphatic rings. The van der Waals surface area contributed by atoms with E-state index >= 15 is 0 Å². The summed E-state index contributed by atoms with van der Waals surface area (Å²) in [5, 5.41) is 0. The van der Waals surface area contributed by atoms with Crippen LogP contribution < -0.4 is 9.51 Å². The van der Waals surface area contributed by atoms with E-state index in [-0.39, 0.29) is 4.90 Å². The van der Waals surface area contributed by atoms with Gasteiger partial charge in [-0.15, -0.1) is 0 Å². The molecule has 0 atom stereocenters. The summed E-state index contributed by atoms with van der Waals surface area (Å²) < 4.78 is 25.9. The smallest absolute Gasteiger partial charge is 0.197 e. The first-order valence-corrected chi connectivity index (χ1v) is 7.45. The number of hydrogen-bond acceptors (Lipinski definition) is 2. The Morgan fingerprint density at radius 2 is 1.58 bits per heavy atom. The highest BCUT2D eigenvalue weighted by Gasteiger charge is 2.19. The molecule has 1 heterocycles. The Kier molecular flexibility index (Phi) is 3.57. The summed E-state index contributed by atoms with van der Waals surface area (Å²) in [7, 11) is -3.55. The Morgan fingerprint density at radius 3 is 2.16 bits per heavy atom. The van der Waals surface area contributed by atoms with E-state index in [4.69, 9.17) is 0 Å². The maximum atomic E-state index is 12.2. The molecule has 5 heteroatoms. The van der Waals surface area contributed by atoms with Crippen LogP contribution in [0.3, 0.4) is 0 Å². The molecule has 4 nitrogen and oxygen atoms in total. The fraction of sp³-hybridized carbons (Fsp3) is 0.214. The lowest BCUT2D eigenvalue weighted by Gasteiger charge is -2.05. The summed E-state index contributed by atoms with van der Waals surface area (Å²) in [6.07, 6.45) is 1.70. The molecule has 1 aromatic carbocycles. The Labute approximate surface area is 113 Å². The van der Waals surface area contributed by atoms with E-state index in [0.717, 1.165) is 16.8 Å². The van der Waals surface area contributed by atoms with Crippen molar-refractivity contribution in [3.63, 3.8) is 0 Å². The Bertz CT molecular complexity index is 692. The normalized spacial score (nSPS) is 11.3. The van der Waals surface area contributed by atoms with Crippen molar-refractivity contribution in [1.29, 1.82) is 0 Å². The van der Waals surface area contributed by atoms with Crippen LogP contribution in [-0.2, 0) is 10.0 Å². The number of hydrogen-bond donors (Lipinski definition) is 1. The quantitative estimate of drug-likeness (QED) is 0.870. The third-order valence-electron chi connectivity index (χ3n) is 2.85. The average Bonchev–Trinajstić information content (AvgIpc) is 2.33. The molecule has 0 saturated carbocycles. The van der Waals surface area contributed by atoms with Crippen molar-refractivity contribution < 1.29 is 13.1 Å². The molecule has 1 N–H and O–H groups in total. The second-order valence-electron chi connectivity index (χ2n) is 4.62. The summed E-state index contributed by atoms with van der Waals surface area (Å²) >= 11 is 0. The number of rotatable bonds is 3. The van der Waals surface area contributed by atoms with E-state index < -0.39 is 10.0 Å². The minimum Gasteiger partial charge on any atom is -0.197 e. The predicted octanol–water partition coefficient (Wildman–Crippen LogP) is 1.83. The number of pyridine rings is 1. The van der Waals surface area contributed by atoms with Gasteiger partial charge in [0.15, 0.2) is 0 Å². The van der Waals surface area contributed by atoms with Crippen LogP contribution in [0.4, 0.5) is 0 Å². The van der Waals surface area contributed by atoms with Gasteiger partial charge in [0, 0.05) is 19.1 Å². The molecule has 0 saturated heterocycles. The van der Waals surface area contributed by atoms with E-state index in [1.807, 2.05) is 32.9 Å². The molecule has 0 fully saturated rings. The molecule has 0 spiro atoms. The molecule has 0 unspecified atom stereocenters. The van der Waals surface area contributed by atoms with Gasteiger partial charge in [0.05, 0.1) is 4.90 Å². The van der Waals surface area contributed by atoms with Crippen molar-refractivity contribution in [2.45, 2.75) is 25.7 Å². The summed E-state index contributed by atoms with van der Waals surface area (Å²) in [6, 6.07) is 10.5. The maximum absolute atomic E-state index is 12.2. The third-order valence-corrected chi connectivity index (χ3v) is 4.18. The Hall–Kier alpha value is -1.88. The largest absolute Gasteiger partial charge is 0.306 e. The highest BCUT2D eigenvalue weighted by molar-refractivity contribution is 7.92. The average molecular weight is 277 g/mol. The van der Waals surface area contributed by atoms with Crippen LogP contribution in [0.25, 0.3) is 0 Å². The summed E-state index contributed by atoms with van der Waals surface area (Å²) in [4.78, 5) is 2.79. The molecule has 2 rings (SSSR count). The second-order valence-corrected chi connectivity index (χ2v) is 6.28. The molecule has 100 valence electrons. The fourth-order valence-corrected chi connectivity index (χ4v) is 2.82. The van der Waals surface area contributed by atoms with Crippen molar-refractivity contribution in [2.24, 2.45) is 0 Å². The van der Waals surface area contributed by atoms with Gasteiger partial charge in [0.25, 0.3) is 0 Å². The molecule has 0 bridgehead atoms. The number of aromatic nitrogens is 1. The Balaban J connectivity index is 2.33. The van der Waals surface area contributed by atoms with E-state index in [1.54, 1.807) is 30.5 Å². The molecule has 0 radical (unpaired) electrons. The number of benzene rings is 1. The van der Waals surface area contributed by atoms with Crippen LogP contribution in [0.5, 0.6) is 0 Å². The van der Waals surface area contributed by atoms with Crippen LogP contribution in [0.2, 0.25) is 0 Å². The van der Waals surface area contributed by atoms with Crippen molar-refractivity contribution in [3.8, 4) is 0 Å². The van der Waals surface area contributed by atoms with Gasteiger partial charge in [-0.2, -0.15) is 8.42 Å². The second kappa shape index (κ2) is 5.01. The van der Waals surface area contributed by atoms with Gasteiger partial charge < -0.3 is 0 Å². The highest BCUT2D eigenvalue weighted by Crippen LogP contribution is 2.09. The molecule has 0 aliphatic heterocycles. The van der Waals surface area contributed by atoms with Crippen molar-refractivity contribution in [2.75, 3.05) is 4.83 Å². The molecule has 1 aromatic heterocycles. The van der Waals surface area contributed by atoms with E-state index in [2.05, 4.69) is 4.83 Å². The molecule has 0 amide bonds. The van der Waals surface area contributed by atoms with Gasteiger partial charge in [-0.25, -0.2) is 0 Å². The van der Waals surface area contributed by atoms with Crippen molar-refractivity contribution in [3.05, 3.63) is 59.4 Å². The van der Waals surface area contributed by atoms with Crippen LogP contribution in [-0.4, -0.2) is 8.42 Å². The van der Waals surface area contributed by atoms with Gasteiger partial charge >= 0.3 is 10.0 Å². The van der Waals surface area contributed by atoms with Crippen LogP contribution in [0.15, 0.2) is 47.5 Å². The first-order chi connectivity index (χ1) is 8.88. The lowest BCUT2D eigenvalue weighted by molar-refractivity contribution is -0.643. The first-order valence-electron chi connectivity index (χ1n) is 5.97. The summed E-state index contributed by atoms with van der Waals surface area (Å²) in [5.41, 5.74) is 2.94. The lowest BCUT2D eigenvalue weighted by atomic mass is 10.2. The molecular formula is C14H17N2O2S+. The SMILES string of the molecule is Cc1ccc(S(=O)(=O)N[n+]2ccc(C)cc2C)cc1. The van der Waals surface area contributed by atoms with Gasteiger partial charge in [0.1, 0.15) is 0 Å². The zero-order valence-corrected chi connectivity index (χ0v) is 12.0. The Morgan fingerprint density at radius 1 is 0.947 bits per heavy atom.